The number of aromatic nitrogens is 1. The molecule has 2 fully saturated rings. The monoisotopic (exact) mass is 495 g/mol. The van der Waals surface area contributed by atoms with Crippen molar-refractivity contribution in [2.24, 2.45) is 11.8 Å². The van der Waals surface area contributed by atoms with Gasteiger partial charge in [-0.2, -0.15) is 0 Å². The fraction of sp³-hybridized carbons (Fsp3) is 0.667. The highest BCUT2D eigenvalue weighted by Crippen LogP contribution is 2.32. The molecule has 1 aromatic carbocycles. The van der Waals surface area contributed by atoms with Crippen LogP contribution in [0.4, 0.5) is 0 Å². The minimum atomic E-state index is 0.194. The highest BCUT2D eigenvalue weighted by Gasteiger charge is 2.29. The Balaban J connectivity index is 1.21. The normalized spacial score (nSPS) is 21.5. The van der Waals surface area contributed by atoms with Crippen LogP contribution in [0.5, 0.6) is 5.75 Å². The van der Waals surface area contributed by atoms with Crippen LogP contribution in [0.3, 0.4) is 0 Å². The minimum absolute atomic E-state index is 0.194. The van der Waals surface area contributed by atoms with E-state index in [1.54, 1.807) is 7.11 Å². The summed E-state index contributed by atoms with van der Waals surface area (Å²) in [4.78, 5) is 19.7. The Morgan fingerprint density at radius 2 is 1.92 bits per heavy atom. The molecule has 4 rings (SSSR count). The molecule has 0 atom stereocenters. The number of nitrogens with one attached hydrogen (secondary N) is 1. The van der Waals surface area contributed by atoms with Crippen LogP contribution >= 0.6 is 0 Å². The molecule has 2 heterocycles. The van der Waals surface area contributed by atoms with E-state index in [9.17, 15) is 4.79 Å². The molecule has 0 unspecified atom stereocenters. The van der Waals surface area contributed by atoms with E-state index in [2.05, 4.69) is 40.3 Å². The molecule has 2 aromatic rings. The van der Waals surface area contributed by atoms with Gasteiger partial charge in [0.05, 0.1) is 0 Å². The second kappa shape index (κ2) is 13.9. The number of hydrogen-bond acceptors (Lipinski definition) is 5. The van der Waals surface area contributed by atoms with Crippen LogP contribution in [0.2, 0.25) is 0 Å². The molecule has 0 spiro atoms. The molecule has 36 heavy (non-hydrogen) atoms. The van der Waals surface area contributed by atoms with Gasteiger partial charge in [-0.1, -0.05) is 19.4 Å². The van der Waals surface area contributed by atoms with E-state index >= 15 is 0 Å². The Kier molecular flexibility index (Phi) is 10.4. The molecule has 1 aliphatic carbocycles. The molecule has 2 aliphatic rings. The predicted molar refractivity (Wildman–Crippen MR) is 145 cm³/mol. The van der Waals surface area contributed by atoms with Gasteiger partial charge in [0.2, 0.25) is 5.91 Å². The summed E-state index contributed by atoms with van der Waals surface area (Å²) in [6.45, 7) is 7.00. The standard InChI is InChI=1S/C30H45N3O3/c1-3-4-7-24-20-26-8-5-15-31-29(26)28(21-24)36-27-13-17-33(18-14-27)22-23-9-11-25(12-10-23)30(34)32-16-6-19-35-2/h5,8,15,20-21,23,25,27H,3-4,6-7,9-14,16-19,22H2,1-2H3,(H,32,34). The van der Waals surface area contributed by atoms with Crippen molar-refractivity contribution < 1.29 is 14.3 Å². The lowest BCUT2D eigenvalue weighted by molar-refractivity contribution is -0.126. The second-order valence-electron chi connectivity index (χ2n) is 10.7. The van der Waals surface area contributed by atoms with Gasteiger partial charge in [-0.3, -0.25) is 9.78 Å². The highest BCUT2D eigenvalue weighted by molar-refractivity contribution is 5.85. The summed E-state index contributed by atoms with van der Waals surface area (Å²) < 4.78 is 11.6. The Bertz CT molecular complexity index is 950. The van der Waals surface area contributed by atoms with Gasteiger partial charge in [0, 0.05) is 57.4 Å². The quantitative estimate of drug-likeness (QED) is 0.401. The van der Waals surface area contributed by atoms with Gasteiger partial charge in [0.1, 0.15) is 17.4 Å². The van der Waals surface area contributed by atoms with Crippen molar-refractivity contribution in [3.05, 3.63) is 36.0 Å². The van der Waals surface area contributed by atoms with Crippen LogP contribution in [0.1, 0.15) is 70.3 Å². The van der Waals surface area contributed by atoms with E-state index in [1.807, 2.05) is 12.3 Å². The summed E-state index contributed by atoms with van der Waals surface area (Å²) in [5, 5.41) is 4.26. The number of carbonyl (C=O) groups is 1. The fourth-order valence-electron chi connectivity index (χ4n) is 5.77. The van der Waals surface area contributed by atoms with Gasteiger partial charge < -0.3 is 19.7 Å². The van der Waals surface area contributed by atoms with Gasteiger partial charge in [0.15, 0.2) is 0 Å². The molecule has 1 saturated carbocycles. The Labute approximate surface area is 217 Å². The molecule has 6 nitrogen and oxygen atoms in total. The van der Waals surface area contributed by atoms with Crippen LogP contribution in [-0.2, 0) is 16.0 Å². The third-order valence-corrected chi connectivity index (χ3v) is 7.94. The number of likely N-dealkylation sites (tertiary alicyclic amines) is 1. The Morgan fingerprint density at radius 3 is 2.67 bits per heavy atom. The van der Waals surface area contributed by atoms with E-state index < -0.39 is 0 Å². The number of ether oxygens (including phenoxy) is 2. The van der Waals surface area contributed by atoms with Crippen molar-refractivity contribution in [1.29, 1.82) is 0 Å². The average Bonchev–Trinajstić information content (AvgIpc) is 2.91. The van der Waals surface area contributed by atoms with Crippen LogP contribution < -0.4 is 10.1 Å². The zero-order chi connectivity index (χ0) is 25.2. The topological polar surface area (TPSA) is 63.7 Å². The number of nitrogens with zero attached hydrogens (tertiary/aromatic N) is 2. The molecule has 198 valence electrons. The van der Waals surface area contributed by atoms with Crippen molar-refractivity contribution >= 4 is 16.8 Å². The summed E-state index contributed by atoms with van der Waals surface area (Å²) >= 11 is 0. The van der Waals surface area contributed by atoms with E-state index in [0.717, 1.165) is 88.8 Å². The number of aryl methyl sites for hydroxylation is 1. The first-order chi connectivity index (χ1) is 17.7. The van der Waals surface area contributed by atoms with Crippen molar-refractivity contribution in [2.75, 3.05) is 39.9 Å². The van der Waals surface area contributed by atoms with Crippen molar-refractivity contribution in [3.63, 3.8) is 0 Å². The molecule has 1 aromatic heterocycles. The average molecular weight is 496 g/mol. The van der Waals surface area contributed by atoms with E-state index in [-0.39, 0.29) is 17.9 Å². The lowest BCUT2D eigenvalue weighted by Gasteiger charge is -2.36. The zero-order valence-corrected chi connectivity index (χ0v) is 22.3. The molecule has 6 heteroatoms. The molecule has 1 amide bonds. The van der Waals surface area contributed by atoms with Crippen molar-refractivity contribution in [1.82, 2.24) is 15.2 Å². The first-order valence-electron chi connectivity index (χ1n) is 14.2. The van der Waals surface area contributed by atoms with Crippen LogP contribution in [-0.4, -0.2) is 61.8 Å². The Hall–Kier alpha value is -2.18. The van der Waals surface area contributed by atoms with Crippen LogP contribution in [0.15, 0.2) is 30.5 Å². The number of carbonyl (C=O) groups excluding carboxylic acids is 1. The number of methoxy groups -OCH3 is 1. The molecule has 0 bridgehead atoms. The van der Waals surface area contributed by atoms with E-state index in [0.29, 0.717) is 12.5 Å². The van der Waals surface area contributed by atoms with Crippen LogP contribution in [0, 0.1) is 11.8 Å². The van der Waals surface area contributed by atoms with E-state index in [4.69, 9.17) is 9.47 Å². The van der Waals surface area contributed by atoms with Gasteiger partial charge in [-0.15, -0.1) is 0 Å². The maximum absolute atomic E-state index is 12.4. The number of hydrogen-bond donors (Lipinski definition) is 1. The van der Waals surface area contributed by atoms with Gasteiger partial charge in [0.25, 0.3) is 0 Å². The van der Waals surface area contributed by atoms with Crippen molar-refractivity contribution in [3.8, 4) is 5.75 Å². The maximum Gasteiger partial charge on any atom is 0.223 e. The number of fused-ring (bicyclic) bond motifs is 1. The summed E-state index contributed by atoms with van der Waals surface area (Å²) in [6.07, 6.45) is 13.0. The summed E-state index contributed by atoms with van der Waals surface area (Å²) in [6, 6.07) is 8.65. The van der Waals surface area contributed by atoms with Crippen LogP contribution in [0.25, 0.3) is 10.9 Å². The minimum Gasteiger partial charge on any atom is -0.488 e. The third kappa shape index (κ3) is 7.66. The summed E-state index contributed by atoms with van der Waals surface area (Å²) in [5.74, 6) is 2.10. The lowest BCUT2D eigenvalue weighted by atomic mass is 9.81. The summed E-state index contributed by atoms with van der Waals surface area (Å²) in [7, 11) is 1.70. The molecule has 0 radical (unpaired) electrons. The second-order valence-corrected chi connectivity index (χ2v) is 10.7. The zero-order valence-electron chi connectivity index (χ0n) is 22.3. The molecule has 1 N–H and O–H groups in total. The highest BCUT2D eigenvalue weighted by atomic mass is 16.5. The molecule has 1 saturated heterocycles. The number of amides is 1. The lowest BCUT2D eigenvalue weighted by Crippen LogP contribution is -2.42. The Morgan fingerprint density at radius 1 is 1.11 bits per heavy atom. The number of rotatable bonds is 12. The first-order valence-corrected chi connectivity index (χ1v) is 14.2. The van der Waals surface area contributed by atoms with Gasteiger partial charge in [-0.25, -0.2) is 0 Å². The molecular formula is C30H45N3O3. The van der Waals surface area contributed by atoms with E-state index in [1.165, 1.54) is 23.8 Å². The molecular weight excluding hydrogens is 450 g/mol. The largest absolute Gasteiger partial charge is 0.488 e. The van der Waals surface area contributed by atoms with Gasteiger partial charge in [-0.05, 0) is 87.5 Å². The van der Waals surface area contributed by atoms with Crippen molar-refractivity contribution in [2.45, 2.75) is 77.2 Å². The first kappa shape index (κ1) is 26.9. The maximum atomic E-state index is 12.4. The molecule has 1 aliphatic heterocycles. The summed E-state index contributed by atoms with van der Waals surface area (Å²) in [5.41, 5.74) is 2.34. The number of benzene rings is 1. The van der Waals surface area contributed by atoms with Gasteiger partial charge >= 0.3 is 0 Å². The SMILES string of the molecule is CCCCc1cc(OC2CCN(CC3CCC(C(=O)NCCCOC)CC3)CC2)c2ncccc2c1. The predicted octanol–water partition coefficient (Wildman–Crippen LogP) is 5.38. The fourth-order valence-corrected chi connectivity index (χ4v) is 5.77. The number of piperidine rings is 1. The number of unbranched alkanes of at least 4 members (excludes halogenated alkanes) is 1. The third-order valence-electron chi connectivity index (χ3n) is 7.94. The number of pyridine rings is 1. The smallest absolute Gasteiger partial charge is 0.223 e.